The van der Waals surface area contributed by atoms with Gasteiger partial charge in [0.05, 0.1) is 5.56 Å². The number of para-hydroxylation sites is 1. The molecule has 61 valence electrons. The van der Waals surface area contributed by atoms with Crippen LogP contribution in [-0.4, -0.2) is 11.1 Å². The van der Waals surface area contributed by atoms with E-state index >= 15 is 0 Å². The normalized spacial score (nSPS) is 8.36. The Morgan fingerprint density at radius 1 is 1.36 bits per heavy atom. The van der Waals surface area contributed by atoms with E-state index in [0.29, 0.717) is 0 Å². The van der Waals surface area contributed by atoms with Gasteiger partial charge in [-0.05, 0) is 6.07 Å². The average molecular weight is 201 g/mol. The fraction of sp³-hybridized carbons (Fsp3) is 0. The molecule has 1 aromatic carbocycles. The molecule has 0 aliphatic carbocycles. The molecule has 1 N–H and O–H groups in total. The minimum Gasteiger partial charge on any atom is -0.872 e. The van der Waals surface area contributed by atoms with Gasteiger partial charge in [-0.2, -0.15) is 0 Å². The van der Waals surface area contributed by atoms with Gasteiger partial charge in [0.1, 0.15) is 0 Å². The van der Waals surface area contributed by atoms with Crippen LogP contribution < -0.4 is 5.11 Å². The number of aromatic carboxylic acids is 1. The van der Waals surface area contributed by atoms with E-state index in [2.05, 4.69) is 0 Å². The topological polar surface area (TPSA) is 60.4 Å². The average Bonchev–Trinajstić information content (AvgIpc) is 1.88. The molecule has 0 bridgehead atoms. The summed E-state index contributed by atoms with van der Waals surface area (Å²) < 4.78 is 0. The third kappa shape index (κ3) is 2.26. The minimum absolute atomic E-state index is 0. The first-order chi connectivity index (χ1) is 4.72. The summed E-state index contributed by atoms with van der Waals surface area (Å²) in [4.78, 5) is 10.2. The van der Waals surface area contributed by atoms with Crippen molar-refractivity contribution in [2.45, 2.75) is 0 Å². The number of carbonyl (C=O) groups is 1. The molecule has 0 aromatic heterocycles. The maximum absolute atomic E-state index is 10.7. The van der Waals surface area contributed by atoms with Gasteiger partial charge in [-0.3, -0.25) is 0 Å². The van der Waals surface area contributed by atoms with Crippen molar-refractivity contribution in [2.24, 2.45) is 0 Å². The standard InChI is InChI=1S/C7H6O3.Cu/c8-6-4-2-1-3-5(6)7(9)10;/h1-4,8H,(H,9,10);/q;+2/p-1. The summed E-state index contributed by atoms with van der Waals surface area (Å²) in [5.74, 6) is -1.62. The third-order valence-electron chi connectivity index (χ3n) is 1.12. The van der Waals surface area contributed by atoms with E-state index in [1.165, 1.54) is 24.3 Å². The van der Waals surface area contributed by atoms with Crippen LogP contribution >= 0.6 is 0 Å². The number of carboxylic acid groups (broad SMARTS) is 1. The Morgan fingerprint density at radius 2 is 1.91 bits per heavy atom. The van der Waals surface area contributed by atoms with Crippen molar-refractivity contribution >= 4 is 5.97 Å². The van der Waals surface area contributed by atoms with Crippen LogP contribution in [0.2, 0.25) is 0 Å². The maximum Gasteiger partial charge on any atom is 2.00 e. The molecule has 0 aliphatic rings. The molecule has 0 heterocycles. The van der Waals surface area contributed by atoms with Crippen molar-refractivity contribution in [3.05, 3.63) is 29.8 Å². The molecular weight excluding hydrogens is 196 g/mol. The van der Waals surface area contributed by atoms with Crippen LogP contribution in [0.3, 0.4) is 0 Å². The molecule has 11 heavy (non-hydrogen) atoms. The van der Waals surface area contributed by atoms with Gasteiger partial charge in [0.2, 0.25) is 0 Å². The second-order valence-corrected chi connectivity index (χ2v) is 1.80. The molecule has 0 atom stereocenters. The van der Waals surface area contributed by atoms with E-state index in [9.17, 15) is 9.90 Å². The maximum atomic E-state index is 10.7. The van der Waals surface area contributed by atoms with Crippen LogP contribution in [0.15, 0.2) is 24.3 Å². The SMILES string of the molecule is O=C(O)c1ccccc1[O-].[Cu+2]. The second-order valence-electron chi connectivity index (χ2n) is 1.80. The van der Waals surface area contributed by atoms with Crippen molar-refractivity contribution in [3.8, 4) is 5.75 Å². The van der Waals surface area contributed by atoms with Gasteiger partial charge in [-0.15, -0.1) is 0 Å². The van der Waals surface area contributed by atoms with Gasteiger partial charge >= 0.3 is 23.0 Å². The molecule has 1 aromatic rings. The largest absolute Gasteiger partial charge is 2.00 e. The molecule has 0 saturated heterocycles. The predicted octanol–water partition coefficient (Wildman–Crippen LogP) is 0.456. The molecular formula is C7H5CuO3+. The first kappa shape index (κ1) is 10.0. The molecule has 1 radical (unpaired) electrons. The van der Waals surface area contributed by atoms with E-state index in [1.807, 2.05) is 0 Å². The Labute approximate surface area is 74.1 Å². The van der Waals surface area contributed by atoms with E-state index in [0.717, 1.165) is 0 Å². The molecule has 0 spiro atoms. The summed E-state index contributed by atoms with van der Waals surface area (Å²) in [5.41, 5.74) is -0.178. The van der Waals surface area contributed by atoms with E-state index in [4.69, 9.17) is 5.11 Å². The summed E-state index contributed by atoms with van der Waals surface area (Å²) in [6.07, 6.45) is 0. The van der Waals surface area contributed by atoms with Crippen molar-refractivity contribution < 1.29 is 32.1 Å². The monoisotopic (exact) mass is 200 g/mol. The second kappa shape index (κ2) is 4.01. The molecule has 0 unspecified atom stereocenters. The quantitative estimate of drug-likeness (QED) is 0.670. The summed E-state index contributed by atoms with van der Waals surface area (Å²) in [6.45, 7) is 0. The summed E-state index contributed by atoms with van der Waals surface area (Å²) in [7, 11) is 0. The van der Waals surface area contributed by atoms with Crippen molar-refractivity contribution in [2.75, 3.05) is 0 Å². The molecule has 3 nitrogen and oxygen atoms in total. The third-order valence-corrected chi connectivity index (χ3v) is 1.12. The van der Waals surface area contributed by atoms with Gasteiger partial charge in [-0.1, -0.05) is 23.9 Å². The van der Waals surface area contributed by atoms with Crippen LogP contribution in [0.1, 0.15) is 10.4 Å². The number of carboxylic acids is 1. The molecule has 0 amide bonds. The summed E-state index contributed by atoms with van der Waals surface area (Å²) in [5, 5.41) is 19.0. The predicted molar refractivity (Wildman–Crippen MR) is 32.8 cm³/mol. The Kier molecular flexibility index (Phi) is 3.65. The minimum atomic E-state index is -1.18. The zero-order valence-corrected chi connectivity index (χ0v) is 6.32. The van der Waals surface area contributed by atoms with Crippen LogP contribution in [0.25, 0.3) is 0 Å². The zero-order valence-electron chi connectivity index (χ0n) is 5.37. The fourth-order valence-corrected chi connectivity index (χ4v) is 0.643. The van der Waals surface area contributed by atoms with Crippen LogP contribution in [0.5, 0.6) is 5.75 Å². The number of hydrogen-bond donors (Lipinski definition) is 1. The molecule has 0 aliphatic heterocycles. The van der Waals surface area contributed by atoms with Gasteiger partial charge in [0.25, 0.3) is 0 Å². The fourth-order valence-electron chi connectivity index (χ4n) is 0.643. The first-order valence-electron chi connectivity index (χ1n) is 2.71. The van der Waals surface area contributed by atoms with Crippen LogP contribution in [0, 0.1) is 0 Å². The van der Waals surface area contributed by atoms with Gasteiger partial charge < -0.3 is 10.2 Å². The van der Waals surface area contributed by atoms with Crippen molar-refractivity contribution in [1.29, 1.82) is 0 Å². The Morgan fingerprint density at radius 3 is 2.27 bits per heavy atom. The van der Waals surface area contributed by atoms with Gasteiger partial charge in [0, 0.05) is 0 Å². The number of rotatable bonds is 1. The number of hydrogen-bond acceptors (Lipinski definition) is 2. The molecule has 4 heteroatoms. The van der Waals surface area contributed by atoms with Crippen LogP contribution in [0.4, 0.5) is 0 Å². The molecule has 1 rings (SSSR count). The van der Waals surface area contributed by atoms with Gasteiger partial charge in [-0.25, -0.2) is 4.79 Å². The first-order valence-corrected chi connectivity index (χ1v) is 2.71. The van der Waals surface area contributed by atoms with E-state index in [1.54, 1.807) is 0 Å². The Balaban J connectivity index is 0.000001000. The summed E-state index contributed by atoms with van der Waals surface area (Å²) in [6, 6.07) is 5.54. The summed E-state index contributed by atoms with van der Waals surface area (Å²) >= 11 is 0. The molecule has 0 fully saturated rings. The van der Waals surface area contributed by atoms with Crippen LogP contribution in [-0.2, 0) is 17.1 Å². The van der Waals surface area contributed by atoms with Crippen molar-refractivity contribution in [3.63, 3.8) is 0 Å². The zero-order chi connectivity index (χ0) is 7.56. The number of benzene rings is 1. The Bertz CT molecular complexity index is 260. The van der Waals surface area contributed by atoms with Gasteiger partial charge in [0.15, 0.2) is 0 Å². The Hall–Kier alpha value is -0.991. The smallest absolute Gasteiger partial charge is 0.872 e. The van der Waals surface area contributed by atoms with Crippen molar-refractivity contribution in [1.82, 2.24) is 0 Å². The van der Waals surface area contributed by atoms with E-state index in [-0.39, 0.29) is 22.6 Å². The van der Waals surface area contributed by atoms with E-state index < -0.39 is 11.7 Å². The molecule has 0 saturated carbocycles.